The highest BCUT2D eigenvalue weighted by molar-refractivity contribution is 14.1. The van der Waals surface area contributed by atoms with Crippen molar-refractivity contribution < 1.29 is 18.7 Å². The summed E-state index contributed by atoms with van der Waals surface area (Å²) < 4.78 is 25.7. The van der Waals surface area contributed by atoms with Crippen molar-refractivity contribution in [1.29, 1.82) is 0 Å². The maximum atomic E-state index is 16.1. The Balaban J connectivity index is 1.27. The van der Waals surface area contributed by atoms with E-state index in [2.05, 4.69) is 32.9 Å². The molecule has 6 rings (SSSR count). The molecule has 3 heterocycles. The molecule has 1 saturated heterocycles. The first-order chi connectivity index (χ1) is 20.1. The Morgan fingerprint density at radius 1 is 1.07 bits per heavy atom. The van der Waals surface area contributed by atoms with Gasteiger partial charge in [-0.3, -0.25) is 9.48 Å². The van der Waals surface area contributed by atoms with Gasteiger partial charge in [-0.25, -0.2) is 0 Å². The van der Waals surface area contributed by atoms with E-state index in [4.69, 9.17) is 4.74 Å². The third kappa shape index (κ3) is 5.12. The van der Waals surface area contributed by atoms with Crippen LogP contribution in [0.15, 0.2) is 85.1 Å². The topological polar surface area (TPSA) is 80.5 Å². The predicted octanol–water partition coefficient (Wildman–Crippen LogP) is 6.38. The molecule has 42 heavy (non-hydrogen) atoms. The summed E-state index contributed by atoms with van der Waals surface area (Å²) in [4.78, 5) is 16.2. The number of ether oxygens (including phenoxy) is 1. The Morgan fingerprint density at radius 3 is 2.48 bits per heavy atom. The van der Waals surface area contributed by atoms with Crippen LogP contribution in [0.5, 0.6) is 0 Å². The van der Waals surface area contributed by atoms with E-state index in [1.807, 2.05) is 85.8 Å². The van der Waals surface area contributed by atoms with Crippen LogP contribution >= 0.6 is 22.6 Å². The molecule has 5 atom stereocenters. The molecule has 1 amide bonds. The number of carbonyl (C=O) groups is 1. The smallest absolute Gasteiger partial charge is 0.264 e. The predicted molar refractivity (Wildman–Crippen MR) is 170 cm³/mol. The van der Waals surface area contributed by atoms with Gasteiger partial charge in [0, 0.05) is 27.1 Å². The molecule has 2 aliphatic heterocycles. The third-order valence-electron chi connectivity index (χ3n) is 8.72. The number of fused-ring (bicyclic) bond motifs is 2. The van der Waals surface area contributed by atoms with Crippen molar-refractivity contribution in [3.05, 3.63) is 111 Å². The van der Waals surface area contributed by atoms with Crippen LogP contribution in [0.3, 0.4) is 0 Å². The van der Waals surface area contributed by atoms with Crippen LogP contribution in [0.2, 0.25) is 18.6 Å². The number of aliphatic hydroxyl groups excluding tert-OH is 1. The van der Waals surface area contributed by atoms with Crippen LogP contribution in [-0.2, 0) is 28.2 Å². The van der Waals surface area contributed by atoms with Crippen LogP contribution < -0.4 is 4.90 Å². The summed E-state index contributed by atoms with van der Waals surface area (Å²) in [5, 5.41) is 19.2. The van der Waals surface area contributed by atoms with Gasteiger partial charge in [0.25, 0.3) is 5.91 Å². The molecule has 0 bridgehead atoms. The minimum atomic E-state index is -3.27. The average molecular weight is 697 g/mol. The van der Waals surface area contributed by atoms with E-state index in [0.717, 1.165) is 25.9 Å². The van der Waals surface area contributed by atoms with Gasteiger partial charge in [0.2, 0.25) is 8.41 Å². The Labute approximate surface area is 260 Å². The number of amides is 1. The molecule has 218 valence electrons. The highest BCUT2D eigenvalue weighted by Gasteiger charge is 2.66. The number of para-hydroxylation sites is 1. The Morgan fingerprint density at radius 2 is 1.76 bits per heavy atom. The number of carbonyl (C=O) groups excluding carboxylic acids is 1. The van der Waals surface area contributed by atoms with Crippen LogP contribution in [0.4, 0.5) is 9.80 Å². The molecule has 0 unspecified atom stereocenters. The van der Waals surface area contributed by atoms with Gasteiger partial charge in [-0.05, 0) is 71.4 Å². The number of halogens is 2. The zero-order valence-corrected chi connectivity index (χ0v) is 27.0. The summed E-state index contributed by atoms with van der Waals surface area (Å²) in [5.41, 5.74) is 2.19. The Bertz CT molecular complexity index is 1580. The summed E-state index contributed by atoms with van der Waals surface area (Å²) >= 11 is 2.27. The molecule has 3 aromatic carbocycles. The molecule has 1 fully saturated rings. The Kier molecular flexibility index (Phi) is 7.84. The fraction of sp³-hybridized carbons (Fsp3) is 0.344. The van der Waals surface area contributed by atoms with Gasteiger partial charge in [0.05, 0.1) is 24.5 Å². The minimum absolute atomic E-state index is 0.130. The highest BCUT2D eigenvalue weighted by atomic mass is 127. The molecular weight excluding hydrogens is 662 g/mol. The highest BCUT2D eigenvalue weighted by Crippen LogP contribution is 2.60. The second-order valence-electron chi connectivity index (χ2n) is 11.8. The zero-order valence-electron chi connectivity index (χ0n) is 23.8. The number of aromatic nitrogens is 3. The first-order valence-corrected chi connectivity index (χ1v) is 18.3. The van der Waals surface area contributed by atoms with Gasteiger partial charge < -0.3 is 18.9 Å². The number of aliphatic hydroxyl groups is 1. The lowest BCUT2D eigenvalue weighted by Gasteiger charge is -2.31. The molecule has 1 aromatic heterocycles. The third-order valence-corrected chi connectivity index (χ3v) is 11.9. The van der Waals surface area contributed by atoms with Gasteiger partial charge in [0.1, 0.15) is 11.8 Å². The maximum absolute atomic E-state index is 16.1. The molecule has 1 spiro atoms. The lowest BCUT2D eigenvalue weighted by atomic mass is 9.82. The standard InChI is InChI=1S/C32H34FIN4O3Si/c1-21-30(42(2,3)33)28(17-18-37-20-26(35-36-37)29(39)23-9-5-4-6-10-23)41-32(21)25-11-7-8-12-27(25)38(31(32)40)19-22-13-15-24(34)16-14-22/h4-16,20-21,28-30,39H,17-19H2,1-3H3/t21-,28+,29+,30-,32+/m0/s1. The fourth-order valence-electron chi connectivity index (χ4n) is 6.81. The summed E-state index contributed by atoms with van der Waals surface area (Å²) in [5.74, 6) is -0.481. The molecule has 2 aliphatic rings. The van der Waals surface area contributed by atoms with Gasteiger partial charge in [0.15, 0.2) is 5.60 Å². The lowest BCUT2D eigenvalue weighted by Crippen LogP contribution is -2.45. The minimum Gasteiger partial charge on any atom is -0.382 e. The van der Waals surface area contributed by atoms with Crippen molar-refractivity contribution in [2.24, 2.45) is 5.92 Å². The number of anilines is 1. The van der Waals surface area contributed by atoms with Crippen LogP contribution in [0, 0.1) is 9.49 Å². The first-order valence-electron chi connectivity index (χ1n) is 14.3. The maximum Gasteiger partial charge on any atom is 0.264 e. The van der Waals surface area contributed by atoms with Crippen molar-refractivity contribution in [3.8, 4) is 0 Å². The number of rotatable bonds is 8. The van der Waals surface area contributed by atoms with Crippen molar-refractivity contribution in [2.75, 3.05) is 4.90 Å². The number of hydrogen-bond acceptors (Lipinski definition) is 5. The van der Waals surface area contributed by atoms with E-state index < -0.39 is 31.8 Å². The second kappa shape index (κ2) is 11.3. The van der Waals surface area contributed by atoms with E-state index in [-0.39, 0.29) is 11.8 Å². The van der Waals surface area contributed by atoms with Crippen molar-refractivity contribution in [2.45, 2.75) is 62.9 Å². The van der Waals surface area contributed by atoms with Crippen LogP contribution in [0.1, 0.15) is 41.8 Å². The molecule has 10 heteroatoms. The number of nitrogens with zero attached hydrogens (tertiary/aromatic N) is 4. The van der Waals surface area contributed by atoms with Crippen LogP contribution in [-0.4, -0.2) is 40.5 Å². The van der Waals surface area contributed by atoms with E-state index in [9.17, 15) is 9.90 Å². The second-order valence-corrected chi connectivity index (χ2v) is 16.9. The molecular formula is C32H34FIN4O3Si. The number of benzene rings is 3. The van der Waals surface area contributed by atoms with E-state index >= 15 is 4.11 Å². The SMILES string of the molecule is C[C@H]1[C@H]([Si](C)(C)F)[C@@H](CCn2cc([C@H](O)c3ccccc3)nn2)O[C@]12C(=O)N(Cc1ccc(I)cc1)c1ccccc12. The fourth-order valence-corrected chi connectivity index (χ4v) is 9.72. The summed E-state index contributed by atoms with van der Waals surface area (Å²) in [7, 11) is -3.27. The molecule has 1 N–H and O–H groups in total. The van der Waals surface area contributed by atoms with Crippen LogP contribution in [0.25, 0.3) is 0 Å². The first kappa shape index (κ1) is 29.2. The molecule has 7 nitrogen and oxygen atoms in total. The van der Waals surface area contributed by atoms with Crippen molar-refractivity contribution in [1.82, 2.24) is 15.0 Å². The van der Waals surface area contributed by atoms with Gasteiger partial charge >= 0.3 is 0 Å². The van der Waals surface area contributed by atoms with Gasteiger partial charge in [-0.1, -0.05) is 72.8 Å². The summed E-state index contributed by atoms with van der Waals surface area (Å²) in [6.07, 6.45) is 0.821. The molecule has 0 aliphatic carbocycles. The monoisotopic (exact) mass is 696 g/mol. The summed E-state index contributed by atoms with van der Waals surface area (Å²) in [6, 6.07) is 25.2. The Hall–Kier alpha value is -2.93. The van der Waals surface area contributed by atoms with Gasteiger partial charge in [-0.2, -0.15) is 0 Å². The molecule has 0 radical (unpaired) electrons. The molecule has 0 saturated carbocycles. The number of aryl methyl sites for hydroxylation is 1. The van der Waals surface area contributed by atoms with E-state index in [0.29, 0.717) is 25.2 Å². The average Bonchev–Trinajstić information content (AvgIpc) is 3.64. The van der Waals surface area contributed by atoms with Crippen molar-refractivity contribution >= 4 is 42.6 Å². The zero-order chi connectivity index (χ0) is 29.6. The lowest BCUT2D eigenvalue weighted by molar-refractivity contribution is -0.146. The number of hydrogen-bond donors (Lipinski definition) is 1. The molecule has 4 aromatic rings. The normalized spacial score (nSPS) is 24.4. The summed E-state index contributed by atoms with van der Waals surface area (Å²) in [6.45, 7) is 6.24. The largest absolute Gasteiger partial charge is 0.382 e. The quantitative estimate of drug-likeness (QED) is 0.132. The van der Waals surface area contributed by atoms with E-state index in [1.54, 1.807) is 28.9 Å². The van der Waals surface area contributed by atoms with Gasteiger partial charge in [-0.15, -0.1) is 5.10 Å². The van der Waals surface area contributed by atoms with Crippen molar-refractivity contribution in [3.63, 3.8) is 0 Å². The van der Waals surface area contributed by atoms with E-state index in [1.165, 1.54) is 0 Å².